The van der Waals surface area contributed by atoms with E-state index in [1.54, 1.807) is 0 Å². The fourth-order valence-corrected chi connectivity index (χ4v) is 7.57. The molecular weight excluding hydrogens is 565 g/mol. The van der Waals surface area contributed by atoms with Crippen LogP contribution in [0.4, 0.5) is 0 Å². The first-order valence-corrected chi connectivity index (χ1v) is 16.2. The van der Waals surface area contributed by atoms with Gasteiger partial charge in [0.15, 0.2) is 0 Å². The van der Waals surface area contributed by atoms with Gasteiger partial charge in [-0.3, -0.25) is 5.32 Å². The molecule has 3 heteroatoms. The van der Waals surface area contributed by atoms with Crippen molar-refractivity contribution in [1.82, 2.24) is 5.32 Å². The SMILES string of the molecule is NC(NC(/C=C/c1cccc2c1ccc1cc3ccccc3cc12)c1ccccc1-c1cc2ccccc2s1)c1ccccc1. The van der Waals surface area contributed by atoms with Crippen molar-refractivity contribution in [3.63, 3.8) is 0 Å². The molecule has 45 heavy (non-hydrogen) atoms. The van der Waals surface area contributed by atoms with Crippen LogP contribution in [0.5, 0.6) is 0 Å². The van der Waals surface area contributed by atoms with Gasteiger partial charge in [-0.25, -0.2) is 0 Å². The Balaban J connectivity index is 1.24. The van der Waals surface area contributed by atoms with Crippen LogP contribution in [0.1, 0.15) is 28.9 Å². The molecule has 1 aromatic heterocycles. The maximum Gasteiger partial charge on any atom is 0.0817 e. The molecule has 0 aliphatic rings. The lowest BCUT2D eigenvalue weighted by Gasteiger charge is -2.23. The summed E-state index contributed by atoms with van der Waals surface area (Å²) in [4.78, 5) is 1.25. The van der Waals surface area contributed by atoms with Crippen molar-refractivity contribution in [3.8, 4) is 10.4 Å². The molecule has 0 radical (unpaired) electrons. The number of nitrogens with one attached hydrogen (secondary N) is 1. The van der Waals surface area contributed by atoms with Crippen molar-refractivity contribution in [2.45, 2.75) is 12.2 Å². The van der Waals surface area contributed by atoms with E-state index >= 15 is 0 Å². The fraction of sp³-hybridized carbons (Fsp3) is 0.0476. The molecule has 8 aromatic rings. The lowest BCUT2D eigenvalue weighted by Crippen LogP contribution is -2.31. The van der Waals surface area contributed by atoms with Crippen molar-refractivity contribution >= 4 is 59.8 Å². The van der Waals surface area contributed by atoms with Gasteiger partial charge in [0, 0.05) is 9.58 Å². The number of benzene rings is 7. The molecule has 2 nitrogen and oxygen atoms in total. The minimum Gasteiger partial charge on any atom is -0.312 e. The van der Waals surface area contributed by atoms with E-state index in [0.29, 0.717) is 0 Å². The summed E-state index contributed by atoms with van der Waals surface area (Å²) in [7, 11) is 0. The van der Waals surface area contributed by atoms with Crippen LogP contribution in [0.25, 0.3) is 58.9 Å². The van der Waals surface area contributed by atoms with Crippen molar-refractivity contribution in [2.75, 3.05) is 0 Å². The maximum atomic E-state index is 6.81. The van der Waals surface area contributed by atoms with Crippen LogP contribution < -0.4 is 11.1 Å². The molecule has 0 aliphatic heterocycles. The molecule has 0 bridgehead atoms. The summed E-state index contributed by atoms with van der Waals surface area (Å²) in [6.07, 6.45) is 4.20. The summed E-state index contributed by atoms with van der Waals surface area (Å²) in [5.41, 5.74) is 11.5. The second-order valence-electron chi connectivity index (χ2n) is 11.6. The minimum atomic E-state index is -0.332. The van der Waals surface area contributed by atoms with Gasteiger partial charge in [0.2, 0.25) is 0 Å². The van der Waals surface area contributed by atoms with Gasteiger partial charge in [-0.05, 0) is 84.2 Å². The van der Waals surface area contributed by atoms with Crippen LogP contribution in [-0.2, 0) is 0 Å². The predicted octanol–water partition coefficient (Wildman–Crippen LogP) is 11.0. The third-order valence-electron chi connectivity index (χ3n) is 8.75. The quantitative estimate of drug-likeness (QED) is 0.109. The highest BCUT2D eigenvalue weighted by molar-refractivity contribution is 7.22. The van der Waals surface area contributed by atoms with Crippen molar-refractivity contribution < 1.29 is 0 Å². The zero-order chi connectivity index (χ0) is 30.2. The highest BCUT2D eigenvalue weighted by atomic mass is 32.1. The monoisotopic (exact) mass is 596 g/mol. The molecule has 8 rings (SSSR count). The zero-order valence-electron chi connectivity index (χ0n) is 24.7. The summed E-state index contributed by atoms with van der Waals surface area (Å²) in [5, 5.41) is 12.6. The second-order valence-corrected chi connectivity index (χ2v) is 12.6. The van der Waals surface area contributed by atoms with Crippen molar-refractivity contribution in [1.29, 1.82) is 0 Å². The van der Waals surface area contributed by atoms with Crippen LogP contribution >= 0.6 is 11.3 Å². The van der Waals surface area contributed by atoms with E-state index in [2.05, 4.69) is 151 Å². The van der Waals surface area contributed by atoms with E-state index in [-0.39, 0.29) is 12.2 Å². The Morgan fingerprint density at radius 2 is 1.29 bits per heavy atom. The lowest BCUT2D eigenvalue weighted by molar-refractivity contribution is 0.510. The van der Waals surface area contributed by atoms with E-state index in [9.17, 15) is 0 Å². The number of fused-ring (bicyclic) bond motifs is 5. The zero-order valence-corrected chi connectivity index (χ0v) is 25.5. The normalized spacial score (nSPS) is 13.3. The molecule has 0 amide bonds. The molecule has 2 unspecified atom stereocenters. The lowest BCUT2D eigenvalue weighted by atomic mass is 9.94. The van der Waals surface area contributed by atoms with Gasteiger partial charge in [-0.15, -0.1) is 11.3 Å². The van der Waals surface area contributed by atoms with Gasteiger partial charge < -0.3 is 5.73 Å². The summed E-state index contributed by atoms with van der Waals surface area (Å²) in [6.45, 7) is 0. The molecule has 1 heterocycles. The molecule has 0 saturated heterocycles. The average Bonchev–Trinajstić information content (AvgIpc) is 3.54. The standard InChI is InChI=1S/C42H32N2S/c43-42(29-11-2-1-3-12-29)44-39(36-17-7-8-18-37(36)41-27-33-15-6-9-20-40(33)45-41)24-22-28-16-10-19-35-34(28)23-21-32-25-30-13-4-5-14-31(30)26-38(32)35/h1-27,39,42,44H,43H2/b24-22+. The number of nitrogens with two attached hydrogens (primary N) is 1. The van der Waals surface area contributed by atoms with Crippen LogP contribution in [0.2, 0.25) is 0 Å². The smallest absolute Gasteiger partial charge is 0.0817 e. The second kappa shape index (κ2) is 11.8. The van der Waals surface area contributed by atoms with E-state index < -0.39 is 0 Å². The van der Waals surface area contributed by atoms with E-state index in [1.165, 1.54) is 64.0 Å². The third kappa shape index (κ3) is 5.32. The molecule has 0 saturated carbocycles. The maximum absolute atomic E-state index is 6.81. The average molecular weight is 597 g/mol. The Hall–Kier alpha value is -5.06. The highest BCUT2D eigenvalue weighted by Gasteiger charge is 2.19. The number of hydrogen-bond acceptors (Lipinski definition) is 3. The molecule has 216 valence electrons. The Morgan fingerprint density at radius 1 is 0.556 bits per heavy atom. The van der Waals surface area contributed by atoms with Crippen molar-refractivity contribution in [2.24, 2.45) is 5.73 Å². The Bertz CT molecular complexity index is 2300. The van der Waals surface area contributed by atoms with Gasteiger partial charge in [0.25, 0.3) is 0 Å². The van der Waals surface area contributed by atoms with Crippen molar-refractivity contribution in [3.05, 3.63) is 174 Å². The van der Waals surface area contributed by atoms with Gasteiger partial charge in [-0.1, -0.05) is 140 Å². The Kier molecular flexibility index (Phi) is 7.20. The van der Waals surface area contributed by atoms with Gasteiger partial charge in [0.1, 0.15) is 0 Å². The highest BCUT2D eigenvalue weighted by Crippen LogP contribution is 2.38. The van der Waals surface area contributed by atoms with E-state index in [1.807, 2.05) is 29.5 Å². The molecular formula is C42H32N2S. The number of hydrogen-bond donors (Lipinski definition) is 2. The molecule has 0 aliphatic carbocycles. The fourth-order valence-electron chi connectivity index (χ4n) is 6.46. The summed E-state index contributed by atoms with van der Waals surface area (Å²) < 4.78 is 1.29. The van der Waals surface area contributed by atoms with Crippen LogP contribution in [0, 0.1) is 0 Å². The minimum absolute atomic E-state index is 0.124. The predicted molar refractivity (Wildman–Crippen MR) is 195 cm³/mol. The molecule has 2 atom stereocenters. The van der Waals surface area contributed by atoms with Gasteiger partial charge in [0.05, 0.1) is 12.2 Å². The first-order chi connectivity index (χ1) is 22.2. The van der Waals surface area contributed by atoms with E-state index in [0.717, 1.165) is 5.56 Å². The van der Waals surface area contributed by atoms with Crippen LogP contribution in [-0.4, -0.2) is 0 Å². The Morgan fingerprint density at radius 3 is 2.13 bits per heavy atom. The summed E-state index contributed by atoms with van der Waals surface area (Å²) >= 11 is 1.83. The number of thiophene rings is 1. The Labute approximate surface area is 267 Å². The van der Waals surface area contributed by atoms with Gasteiger partial charge >= 0.3 is 0 Å². The first-order valence-electron chi connectivity index (χ1n) is 15.4. The molecule has 0 fully saturated rings. The van der Waals surface area contributed by atoms with Crippen LogP contribution in [0.3, 0.4) is 0 Å². The first kappa shape index (κ1) is 27.5. The van der Waals surface area contributed by atoms with Crippen LogP contribution in [0.15, 0.2) is 158 Å². The summed E-state index contributed by atoms with van der Waals surface area (Å²) in [5.74, 6) is 0. The third-order valence-corrected chi connectivity index (χ3v) is 9.90. The van der Waals surface area contributed by atoms with Gasteiger partial charge in [-0.2, -0.15) is 0 Å². The topological polar surface area (TPSA) is 38.0 Å². The molecule has 7 aromatic carbocycles. The summed E-state index contributed by atoms with van der Waals surface area (Å²) in [6, 6.07) is 54.1. The van der Waals surface area contributed by atoms with E-state index in [4.69, 9.17) is 5.73 Å². The largest absolute Gasteiger partial charge is 0.312 e. The molecule has 0 spiro atoms. The molecule has 3 N–H and O–H groups in total. The number of rotatable bonds is 7.